The minimum Gasteiger partial charge on any atom is -0.396 e. The molecule has 2 heterocycles. The number of aliphatic hydroxyl groups is 1. The van der Waals surface area contributed by atoms with Crippen LogP contribution in [-0.4, -0.2) is 42.0 Å². The Hall–Kier alpha value is -0.500. The number of aliphatic hydroxyl groups excluding tert-OH is 1. The lowest BCUT2D eigenvalue weighted by Gasteiger charge is -2.23. The van der Waals surface area contributed by atoms with Gasteiger partial charge in [0.25, 0.3) is 0 Å². The molecule has 0 radical (unpaired) electrons. The first-order valence-electron chi connectivity index (χ1n) is 6.29. The molecule has 0 bridgehead atoms. The third-order valence-corrected chi connectivity index (χ3v) is 5.66. The van der Waals surface area contributed by atoms with Gasteiger partial charge in [0.2, 0.25) is 10.0 Å². The third-order valence-electron chi connectivity index (χ3n) is 3.30. The molecule has 1 unspecified atom stereocenters. The average Bonchev–Trinajstić information content (AvgIpc) is 2.85. The van der Waals surface area contributed by atoms with E-state index in [9.17, 15) is 8.42 Å². The molecule has 1 atom stereocenters. The zero-order chi connectivity index (χ0) is 13.9. The molecule has 1 saturated heterocycles. The molecule has 7 heteroatoms. The van der Waals surface area contributed by atoms with Crippen molar-refractivity contribution in [3.8, 4) is 0 Å². The van der Waals surface area contributed by atoms with Crippen molar-refractivity contribution in [2.45, 2.75) is 36.6 Å². The Morgan fingerprint density at radius 3 is 2.95 bits per heavy atom. The summed E-state index contributed by atoms with van der Waals surface area (Å²) in [4.78, 5) is 4.14. The first kappa shape index (κ1) is 14.9. The minimum atomic E-state index is -3.48. The highest BCUT2D eigenvalue weighted by atomic mass is 79.9. The van der Waals surface area contributed by atoms with E-state index >= 15 is 0 Å². The van der Waals surface area contributed by atoms with E-state index in [0.29, 0.717) is 23.9 Å². The van der Waals surface area contributed by atoms with Crippen LogP contribution in [0.2, 0.25) is 0 Å². The summed E-state index contributed by atoms with van der Waals surface area (Å²) in [6.45, 7) is 0.647. The van der Waals surface area contributed by atoms with E-state index in [4.69, 9.17) is 5.11 Å². The number of halogens is 1. The fourth-order valence-electron chi connectivity index (χ4n) is 2.41. The van der Waals surface area contributed by atoms with E-state index in [0.717, 1.165) is 12.8 Å². The highest BCUT2D eigenvalue weighted by molar-refractivity contribution is 9.10. The van der Waals surface area contributed by atoms with Gasteiger partial charge in [-0.1, -0.05) is 0 Å². The lowest BCUT2D eigenvalue weighted by molar-refractivity contribution is 0.264. The molecule has 1 aromatic heterocycles. The molecular formula is C12H17BrN2O3S. The zero-order valence-electron chi connectivity index (χ0n) is 10.5. The lowest BCUT2D eigenvalue weighted by atomic mass is 10.1. The van der Waals surface area contributed by atoms with E-state index in [2.05, 4.69) is 20.9 Å². The Morgan fingerprint density at radius 1 is 1.47 bits per heavy atom. The molecule has 1 N–H and O–H groups in total. The normalized spacial score (nSPS) is 20.8. The molecule has 1 aliphatic heterocycles. The first-order valence-corrected chi connectivity index (χ1v) is 8.52. The van der Waals surface area contributed by atoms with Crippen LogP contribution < -0.4 is 0 Å². The summed E-state index contributed by atoms with van der Waals surface area (Å²) >= 11 is 3.24. The highest BCUT2D eigenvalue weighted by Crippen LogP contribution is 2.29. The van der Waals surface area contributed by atoms with Gasteiger partial charge < -0.3 is 5.11 Å². The molecule has 0 spiro atoms. The zero-order valence-corrected chi connectivity index (χ0v) is 12.9. The molecule has 0 aromatic carbocycles. The Balaban J connectivity index is 2.23. The van der Waals surface area contributed by atoms with Crippen LogP contribution in [-0.2, 0) is 10.0 Å². The Morgan fingerprint density at radius 2 is 2.26 bits per heavy atom. The number of aromatic nitrogens is 1. The summed E-state index contributed by atoms with van der Waals surface area (Å²) in [5.41, 5.74) is 0. The monoisotopic (exact) mass is 348 g/mol. The number of hydrogen-bond acceptors (Lipinski definition) is 4. The van der Waals surface area contributed by atoms with E-state index in [-0.39, 0.29) is 17.5 Å². The first-order chi connectivity index (χ1) is 9.05. The van der Waals surface area contributed by atoms with Crippen LogP contribution in [0, 0.1) is 0 Å². The maximum atomic E-state index is 12.6. The number of hydrogen-bond donors (Lipinski definition) is 1. The number of rotatable bonds is 5. The van der Waals surface area contributed by atoms with Gasteiger partial charge in [-0.3, -0.25) is 4.98 Å². The summed E-state index contributed by atoms with van der Waals surface area (Å²) in [6.07, 6.45) is 6.01. The van der Waals surface area contributed by atoms with Gasteiger partial charge in [-0.25, -0.2) is 8.42 Å². The largest absolute Gasteiger partial charge is 0.396 e. The summed E-state index contributed by atoms with van der Waals surface area (Å²) in [6, 6.07) is 1.57. The molecule has 1 aromatic rings. The molecule has 19 heavy (non-hydrogen) atoms. The SMILES string of the molecule is O=S(=O)(c1cncc(Br)c1)N1CCCC1CCCO. The topological polar surface area (TPSA) is 70.5 Å². The Kier molecular flexibility index (Phi) is 4.94. The third kappa shape index (κ3) is 3.34. The van der Waals surface area contributed by atoms with Gasteiger partial charge >= 0.3 is 0 Å². The average molecular weight is 349 g/mol. The van der Waals surface area contributed by atoms with Crippen molar-refractivity contribution in [1.82, 2.24) is 9.29 Å². The second-order valence-corrected chi connectivity index (χ2v) is 7.42. The number of nitrogens with zero attached hydrogens (tertiary/aromatic N) is 2. The van der Waals surface area contributed by atoms with Gasteiger partial charge in [0.05, 0.1) is 0 Å². The molecule has 2 rings (SSSR count). The fourth-order valence-corrected chi connectivity index (χ4v) is 4.64. The van der Waals surface area contributed by atoms with Crippen LogP contribution in [0.4, 0.5) is 0 Å². The van der Waals surface area contributed by atoms with Crippen molar-refractivity contribution in [1.29, 1.82) is 0 Å². The van der Waals surface area contributed by atoms with Crippen molar-refractivity contribution in [2.75, 3.05) is 13.2 Å². The summed E-state index contributed by atoms with van der Waals surface area (Å²) in [7, 11) is -3.48. The van der Waals surface area contributed by atoms with Crippen LogP contribution in [0.15, 0.2) is 27.8 Å². The van der Waals surface area contributed by atoms with Crippen molar-refractivity contribution in [3.63, 3.8) is 0 Å². The Labute approximate surface area is 121 Å². The van der Waals surface area contributed by atoms with Gasteiger partial charge in [0.15, 0.2) is 0 Å². The highest BCUT2D eigenvalue weighted by Gasteiger charge is 2.34. The lowest BCUT2D eigenvalue weighted by Crippen LogP contribution is -2.35. The van der Waals surface area contributed by atoms with Crippen LogP contribution in [0.1, 0.15) is 25.7 Å². The quantitative estimate of drug-likeness (QED) is 0.880. The second-order valence-electron chi connectivity index (χ2n) is 4.62. The van der Waals surface area contributed by atoms with Crippen molar-refractivity contribution in [2.24, 2.45) is 0 Å². The molecule has 0 saturated carbocycles. The van der Waals surface area contributed by atoms with Gasteiger partial charge in [-0.15, -0.1) is 0 Å². The van der Waals surface area contributed by atoms with Gasteiger partial charge in [-0.2, -0.15) is 4.31 Å². The van der Waals surface area contributed by atoms with E-state index in [1.165, 1.54) is 6.20 Å². The molecule has 0 aliphatic carbocycles. The summed E-state index contributed by atoms with van der Waals surface area (Å²) < 4.78 is 27.3. The smallest absolute Gasteiger partial charge is 0.244 e. The van der Waals surface area contributed by atoms with Crippen LogP contribution in [0.25, 0.3) is 0 Å². The van der Waals surface area contributed by atoms with Crippen molar-refractivity contribution >= 4 is 26.0 Å². The maximum Gasteiger partial charge on any atom is 0.244 e. The predicted molar refractivity (Wildman–Crippen MR) is 75.2 cm³/mol. The number of sulfonamides is 1. The fraction of sp³-hybridized carbons (Fsp3) is 0.583. The standard InChI is InChI=1S/C12H17BrN2O3S/c13-10-7-12(9-14-8-10)19(17,18)15-5-1-3-11(15)4-2-6-16/h7-9,11,16H,1-6H2. The van der Waals surface area contributed by atoms with Gasteiger partial charge in [0.1, 0.15) is 4.90 Å². The van der Waals surface area contributed by atoms with Crippen LogP contribution in [0.5, 0.6) is 0 Å². The molecule has 5 nitrogen and oxygen atoms in total. The van der Waals surface area contributed by atoms with E-state index in [1.807, 2.05) is 0 Å². The minimum absolute atomic E-state index is 0.00358. The van der Waals surface area contributed by atoms with Crippen molar-refractivity contribution < 1.29 is 13.5 Å². The van der Waals surface area contributed by atoms with Crippen LogP contribution >= 0.6 is 15.9 Å². The molecule has 106 valence electrons. The van der Waals surface area contributed by atoms with Crippen molar-refractivity contribution in [3.05, 3.63) is 22.9 Å². The Bertz CT molecular complexity index is 536. The molecule has 0 amide bonds. The van der Waals surface area contributed by atoms with Gasteiger partial charge in [0, 0.05) is 36.1 Å². The van der Waals surface area contributed by atoms with E-state index < -0.39 is 10.0 Å². The predicted octanol–water partition coefficient (Wildman–Crippen LogP) is 1.77. The maximum absolute atomic E-state index is 12.6. The molecule has 1 fully saturated rings. The summed E-state index contributed by atoms with van der Waals surface area (Å²) in [5.74, 6) is 0. The molecular weight excluding hydrogens is 332 g/mol. The second kappa shape index (κ2) is 6.30. The van der Waals surface area contributed by atoms with Gasteiger partial charge in [-0.05, 0) is 47.7 Å². The van der Waals surface area contributed by atoms with E-state index in [1.54, 1.807) is 16.6 Å². The summed E-state index contributed by atoms with van der Waals surface area (Å²) in [5, 5.41) is 8.88. The molecule has 1 aliphatic rings. The van der Waals surface area contributed by atoms with Crippen LogP contribution in [0.3, 0.4) is 0 Å². The number of pyridine rings is 1.